The maximum absolute atomic E-state index is 12.9. The van der Waals surface area contributed by atoms with Crippen LogP contribution in [0.5, 0.6) is 0 Å². The van der Waals surface area contributed by atoms with Crippen molar-refractivity contribution in [2.24, 2.45) is 5.92 Å². The number of amides is 2. The second kappa shape index (κ2) is 14.1. The number of hydrogen-bond donors (Lipinski definition) is 3. The standard InChI is InChI=1S/C23H32N2O5/c1-4-6-13-22(28)30-16-20(18-11-8-7-9-12-18)25-23(29)19(10-5-2)14-21(27)24-17(3)15-26/h4-5,7-9,11-12,17,19-20,26H,1-2,6,10,13-16H2,3H3,(H,24,27)(H,25,29)/t17-,19+,20+/m0/s1. The van der Waals surface area contributed by atoms with Crippen molar-refractivity contribution >= 4 is 17.8 Å². The number of ether oxygens (including phenoxy) is 1. The molecule has 1 aromatic carbocycles. The fourth-order valence-electron chi connectivity index (χ4n) is 2.75. The molecule has 0 aromatic heterocycles. The Labute approximate surface area is 178 Å². The van der Waals surface area contributed by atoms with Gasteiger partial charge in [-0.15, -0.1) is 13.2 Å². The lowest BCUT2D eigenvalue weighted by Crippen LogP contribution is -2.40. The summed E-state index contributed by atoms with van der Waals surface area (Å²) in [5, 5.41) is 14.6. The van der Waals surface area contributed by atoms with Crippen molar-refractivity contribution < 1.29 is 24.2 Å². The number of aliphatic hydroxyl groups is 1. The van der Waals surface area contributed by atoms with Crippen molar-refractivity contribution in [1.82, 2.24) is 10.6 Å². The fourth-order valence-corrected chi connectivity index (χ4v) is 2.75. The molecule has 0 saturated heterocycles. The van der Waals surface area contributed by atoms with Gasteiger partial charge in [-0.25, -0.2) is 0 Å². The Kier molecular flexibility index (Phi) is 11.8. The van der Waals surface area contributed by atoms with E-state index < -0.39 is 18.0 Å². The van der Waals surface area contributed by atoms with Gasteiger partial charge in [-0.2, -0.15) is 0 Å². The Morgan fingerprint density at radius 1 is 1.13 bits per heavy atom. The van der Waals surface area contributed by atoms with E-state index in [0.717, 1.165) is 5.56 Å². The third-order valence-corrected chi connectivity index (χ3v) is 4.42. The highest BCUT2D eigenvalue weighted by atomic mass is 16.5. The Morgan fingerprint density at radius 3 is 2.43 bits per heavy atom. The van der Waals surface area contributed by atoms with Crippen LogP contribution in [0.3, 0.4) is 0 Å². The first-order chi connectivity index (χ1) is 14.4. The first-order valence-corrected chi connectivity index (χ1v) is 10.0. The molecule has 0 fully saturated rings. The molecule has 7 heteroatoms. The molecule has 3 N–H and O–H groups in total. The SMILES string of the molecule is C=CCCC(=O)OC[C@@H](NC(=O)[C@H](CC=C)CC(=O)N[C@@H](C)CO)c1ccccc1. The number of hydrogen-bond acceptors (Lipinski definition) is 5. The lowest BCUT2D eigenvalue weighted by molar-refractivity contribution is -0.145. The zero-order valence-corrected chi connectivity index (χ0v) is 17.5. The van der Waals surface area contributed by atoms with E-state index in [9.17, 15) is 14.4 Å². The van der Waals surface area contributed by atoms with Gasteiger partial charge in [-0.3, -0.25) is 14.4 Å². The summed E-state index contributed by atoms with van der Waals surface area (Å²) in [6.07, 6.45) is 4.24. The molecule has 0 heterocycles. The molecule has 0 aliphatic rings. The van der Waals surface area contributed by atoms with Gasteiger partial charge in [-0.05, 0) is 25.3 Å². The van der Waals surface area contributed by atoms with Crippen LogP contribution in [0.2, 0.25) is 0 Å². The van der Waals surface area contributed by atoms with Crippen LogP contribution >= 0.6 is 0 Å². The lowest BCUT2D eigenvalue weighted by atomic mass is 9.98. The molecule has 164 valence electrons. The quantitative estimate of drug-likeness (QED) is 0.319. The third kappa shape index (κ3) is 9.52. The van der Waals surface area contributed by atoms with Gasteiger partial charge in [0.1, 0.15) is 6.61 Å². The molecule has 1 aromatic rings. The van der Waals surface area contributed by atoms with Crippen molar-refractivity contribution in [1.29, 1.82) is 0 Å². The van der Waals surface area contributed by atoms with Crippen LogP contribution in [0.4, 0.5) is 0 Å². The smallest absolute Gasteiger partial charge is 0.306 e. The Bertz CT molecular complexity index is 705. The summed E-state index contributed by atoms with van der Waals surface area (Å²) in [4.78, 5) is 36.9. The first-order valence-electron chi connectivity index (χ1n) is 10.0. The average Bonchev–Trinajstić information content (AvgIpc) is 2.75. The first kappa shape index (κ1) is 25.1. The maximum atomic E-state index is 12.9. The number of allylic oxidation sites excluding steroid dienone is 2. The van der Waals surface area contributed by atoms with Crippen molar-refractivity contribution in [3.63, 3.8) is 0 Å². The van der Waals surface area contributed by atoms with Gasteiger partial charge in [0.05, 0.1) is 18.6 Å². The minimum Gasteiger partial charge on any atom is -0.463 e. The summed E-state index contributed by atoms with van der Waals surface area (Å²) < 4.78 is 5.32. The van der Waals surface area contributed by atoms with Crippen LogP contribution < -0.4 is 10.6 Å². The minimum atomic E-state index is -0.629. The van der Waals surface area contributed by atoms with Gasteiger partial charge in [0.2, 0.25) is 11.8 Å². The molecule has 0 spiro atoms. The van der Waals surface area contributed by atoms with Crippen molar-refractivity contribution in [2.45, 2.75) is 44.7 Å². The molecule has 0 bridgehead atoms. The molecule has 30 heavy (non-hydrogen) atoms. The molecule has 1 rings (SSSR count). The summed E-state index contributed by atoms with van der Waals surface area (Å²) in [6, 6.07) is 8.25. The normalized spacial score (nSPS) is 13.4. The monoisotopic (exact) mass is 416 g/mol. The van der Waals surface area contributed by atoms with Gasteiger partial charge in [0, 0.05) is 18.9 Å². The third-order valence-electron chi connectivity index (χ3n) is 4.42. The Hall–Kier alpha value is -2.93. The highest BCUT2D eigenvalue weighted by Crippen LogP contribution is 2.17. The molecule has 0 saturated carbocycles. The van der Waals surface area contributed by atoms with E-state index in [-0.39, 0.29) is 43.8 Å². The summed E-state index contributed by atoms with van der Waals surface area (Å²) in [6.45, 7) is 8.72. The van der Waals surface area contributed by atoms with Crippen LogP contribution in [-0.2, 0) is 19.1 Å². The molecule has 3 atom stereocenters. The molecule has 0 unspecified atom stereocenters. The van der Waals surface area contributed by atoms with E-state index in [0.29, 0.717) is 12.8 Å². The lowest BCUT2D eigenvalue weighted by Gasteiger charge is -2.23. The molecular weight excluding hydrogens is 384 g/mol. The summed E-state index contributed by atoms with van der Waals surface area (Å²) in [7, 11) is 0. The van der Waals surface area contributed by atoms with Gasteiger partial charge in [-0.1, -0.05) is 42.5 Å². The summed E-state index contributed by atoms with van der Waals surface area (Å²) in [5.74, 6) is -1.66. The maximum Gasteiger partial charge on any atom is 0.306 e. The molecule has 7 nitrogen and oxygen atoms in total. The van der Waals surface area contributed by atoms with Gasteiger partial charge in [0.25, 0.3) is 0 Å². The summed E-state index contributed by atoms with van der Waals surface area (Å²) in [5.41, 5.74) is 0.790. The van der Waals surface area contributed by atoms with Gasteiger partial charge < -0.3 is 20.5 Å². The van der Waals surface area contributed by atoms with E-state index in [2.05, 4.69) is 23.8 Å². The Morgan fingerprint density at radius 2 is 1.83 bits per heavy atom. The van der Waals surface area contributed by atoms with Crippen LogP contribution in [0.1, 0.15) is 44.2 Å². The Balaban J connectivity index is 2.83. The van der Waals surface area contributed by atoms with Crippen LogP contribution in [-0.4, -0.2) is 42.1 Å². The van der Waals surface area contributed by atoms with E-state index in [1.165, 1.54) is 0 Å². The highest BCUT2D eigenvalue weighted by molar-refractivity contribution is 5.86. The predicted octanol–water partition coefficient (Wildman–Crippen LogP) is 2.43. The zero-order chi connectivity index (χ0) is 22.4. The zero-order valence-electron chi connectivity index (χ0n) is 17.5. The van der Waals surface area contributed by atoms with E-state index in [1.807, 2.05) is 30.3 Å². The number of nitrogens with one attached hydrogen (secondary N) is 2. The number of esters is 1. The molecule has 0 aliphatic carbocycles. The van der Waals surface area contributed by atoms with Crippen molar-refractivity contribution in [3.8, 4) is 0 Å². The number of rotatable bonds is 14. The number of benzene rings is 1. The number of aliphatic hydroxyl groups excluding tert-OH is 1. The topological polar surface area (TPSA) is 105 Å². The second-order valence-electron chi connectivity index (χ2n) is 7.06. The predicted molar refractivity (Wildman–Crippen MR) is 115 cm³/mol. The van der Waals surface area contributed by atoms with E-state index in [4.69, 9.17) is 9.84 Å². The van der Waals surface area contributed by atoms with Crippen molar-refractivity contribution in [2.75, 3.05) is 13.2 Å². The molecular formula is C23H32N2O5. The van der Waals surface area contributed by atoms with Crippen molar-refractivity contribution in [3.05, 3.63) is 61.2 Å². The van der Waals surface area contributed by atoms with Crippen LogP contribution in [0.25, 0.3) is 0 Å². The van der Waals surface area contributed by atoms with E-state index in [1.54, 1.807) is 19.1 Å². The van der Waals surface area contributed by atoms with Crippen LogP contribution in [0, 0.1) is 5.92 Å². The molecule has 0 radical (unpaired) electrons. The number of carbonyl (C=O) groups is 3. The molecule has 2 amide bonds. The minimum absolute atomic E-state index is 0.0136. The molecule has 0 aliphatic heterocycles. The average molecular weight is 417 g/mol. The fraction of sp³-hybridized carbons (Fsp3) is 0.435. The highest BCUT2D eigenvalue weighted by Gasteiger charge is 2.25. The largest absolute Gasteiger partial charge is 0.463 e. The number of carbonyl (C=O) groups excluding carboxylic acids is 3. The second-order valence-corrected chi connectivity index (χ2v) is 7.06. The van der Waals surface area contributed by atoms with Gasteiger partial charge >= 0.3 is 5.97 Å². The van der Waals surface area contributed by atoms with Gasteiger partial charge in [0.15, 0.2) is 0 Å². The van der Waals surface area contributed by atoms with Crippen LogP contribution in [0.15, 0.2) is 55.6 Å². The summed E-state index contributed by atoms with van der Waals surface area (Å²) >= 11 is 0. The van der Waals surface area contributed by atoms with E-state index >= 15 is 0 Å².